The van der Waals surface area contributed by atoms with Crippen LogP contribution in [0.2, 0.25) is 0 Å². The molecule has 0 bridgehead atoms. The van der Waals surface area contributed by atoms with Crippen molar-refractivity contribution >= 4 is 17.6 Å². The predicted molar refractivity (Wildman–Crippen MR) is 93.8 cm³/mol. The highest BCUT2D eigenvalue weighted by atomic mass is 19.4. The largest absolute Gasteiger partial charge is 0.573 e. The van der Waals surface area contributed by atoms with Crippen molar-refractivity contribution in [3.05, 3.63) is 59.7 Å². The first-order valence-electron chi connectivity index (χ1n) is 8.13. The summed E-state index contributed by atoms with van der Waals surface area (Å²) >= 11 is 0. The van der Waals surface area contributed by atoms with Crippen LogP contribution in [0.1, 0.15) is 22.8 Å². The highest BCUT2D eigenvalue weighted by Gasteiger charge is 2.31. The molecule has 0 unspecified atom stereocenters. The van der Waals surface area contributed by atoms with Crippen LogP contribution in [-0.4, -0.2) is 31.5 Å². The lowest BCUT2D eigenvalue weighted by molar-refractivity contribution is -0.274. The van der Waals surface area contributed by atoms with Crippen molar-refractivity contribution in [1.29, 1.82) is 0 Å². The van der Waals surface area contributed by atoms with Crippen molar-refractivity contribution < 1.29 is 37.0 Å². The zero-order chi connectivity index (χ0) is 20.7. The molecule has 0 aliphatic rings. The van der Waals surface area contributed by atoms with E-state index in [0.29, 0.717) is 6.61 Å². The fourth-order valence-corrected chi connectivity index (χ4v) is 2.22. The molecule has 1 amide bonds. The number of alkyl halides is 3. The van der Waals surface area contributed by atoms with Crippen LogP contribution in [0, 0.1) is 0 Å². The Kier molecular flexibility index (Phi) is 7.00. The number of methoxy groups -OCH3 is 1. The fraction of sp³-hybridized carbons (Fsp3) is 0.263. The van der Waals surface area contributed by atoms with Crippen LogP contribution in [0.4, 0.5) is 18.9 Å². The van der Waals surface area contributed by atoms with E-state index >= 15 is 0 Å². The summed E-state index contributed by atoms with van der Waals surface area (Å²) in [5.41, 5.74) is 1.27. The average Bonchev–Trinajstić information content (AvgIpc) is 2.62. The summed E-state index contributed by atoms with van der Waals surface area (Å²) in [5, 5.41) is 2.45. The van der Waals surface area contributed by atoms with Crippen LogP contribution in [0.25, 0.3) is 0 Å². The van der Waals surface area contributed by atoms with Crippen molar-refractivity contribution in [2.45, 2.75) is 26.0 Å². The minimum atomic E-state index is -4.80. The van der Waals surface area contributed by atoms with Crippen LogP contribution in [0.5, 0.6) is 5.75 Å². The van der Waals surface area contributed by atoms with E-state index in [9.17, 15) is 22.8 Å². The number of esters is 1. The molecule has 2 aromatic carbocycles. The summed E-state index contributed by atoms with van der Waals surface area (Å²) in [6, 6.07) is 11.2. The zero-order valence-electron chi connectivity index (χ0n) is 15.1. The molecule has 2 rings (SSSR count). The number of amides is 1. The van der Waals surface area contributed by atoms with E-state index in [1.807, 2.05) is 0 Å². The molecular weight excluding hydrogens is 379 g/mol. The average molecular weight is 397 g/mol. The lowest BCUT2D eigenvalue weighted by atomic mass is 10.1. The molecule has 6 nitrogen and oxygen atoms in total. The molecule has 0 fully saturated rings. The number of nitrogens with one attached hydrogen (secondary N) is 1. The number of ether oxygens (including phenoxy) is 3. The Morgan fingerprint density at radius 2 is 1.79 bits per heavy atom. The molecule has 0 saturated carbocycles. The predicted octanol–water partition coefficient (Wildman–Crippen LogP) is 3.92. The topological polar surface area (TPSA) is 73.9 Å². The summed E-state index contributed by atoms with van der Waals surface area (Å²) in [4.78, 5) is 24.3. The van der Waals surface area contributed by atoms with E-state index < -0.39 is 30.1 Å². The van der Waals surface area contributed by atoms with Gasteiger partial charge in [0.1, 0.15) is 5.75 Å². The van der Waals surface area contributed by atoms with E-state index in [1.54, 1.807) is 24.3 Å². The summed E-state index contributed by atoms with van der Waals surface area (Å²) in [6.07, 6.45) is -5.92. The third-order valence-corrected chi connectivity index (χ3v) is 3.48. The monoisotopic (exact) mass is 397 g/mol. The summed E-state index contributed by atoms with van der Waals surface area (Å²) < 4.78 is 50.3. The Morgan fingerprint density at radius 3 is 2.39 bits per heavy atom. The van der Waals surface area contributed by atoms with Crippen molar-refractivity contribution in [1.82, 2.24) is 0 Å². The van der Waals surface area contributed by atoms with Crippen molar-refractivity contribution in [2.24, 2.45) is 0 Å². The second-order valence-corrected chi connectivity index (χ2v) is 5.74. The Labute approximate surface area is 159 Å². The molecule has 0 saturated heterocycles. The molecule has 9 heteroatoms. The van der Waals surface area contributed by atoms with Gasteiger partial charge in [0.2, 0.25) is 0 Å². The molecule has 150 valence electrons. The van der Waals surface area contributed by atoms with Gasteiger partial charge in [0, 0.05) is 12.8 Å². The maximum absolute atomic E-state index is 12.2. The minimum Gasteiger partial charge on any atom is -0.449 e. The van der Waals surface area contributed by atoms with Gasteiger partial charge in [0.25, 0.3) is 5.91 Å². The molecular formula is C19H18F3NO5. The molecule has 0 aliphatic heterocycles. The Hall–Kier alpha value is -3.07. The van der Waals surface area contributed by atoms with E-state index in [0.717, 1.165) is 17.7 Å². The maximum atomic E-state index is 12.2. The van der Waals surface area contributed by atoms with Gasteiger partial charge in [-0.15, -0.1) is 13.2 Å². The molecule has 1 atom stereocenters. The van der Waals surface area contributed by atoms with Crippen LogP contribution in [0.3, 0.4) is 0 Å². The Morgan fingerprint density at radius 1 is 1.11 bits per heavy atom. The number of carbonyl (C=O) groups is 2. The number of hydrogen-bond donors (Lipinski definition) is 1. The van der Waals surface area contributed by atoms with Gasteiger partial charge in [-0.1, -0.05) is 12.1 Å². The summed E-state index contributed by atoms with van der Waals surface area (Å²) in [5.74, 6) is -1.73. The number of carbonyl (C=O) groups excluding carboxylic acids is 2. The van der Waals surface area contributed by atoms with E-state index in [-0.39, 0.29) is 11.3 Å². The number of rotatable bonds is 7. The standard InChI is InChI=1S/C19H18F3NO5/c1-12(27-18(25)14-5-3-4-13(10-14)11-26-2)17(24)23-15-6-8-16(9-7-15)28-19(20,21)22/h3-10,12H,11H2,1-2H3,(H,23,24)/t12-/m1/s1. The van der Waals surface area contributed by atoms with Crippen LogP contribution >= 0.6 is 0 Å². The van der Waals surface area contributed by atoms with E-state index in [4.69, 9.17) is 9.47 Å². The first kappa shape index (κ1) is 21.2. The van der Waals surface area contributed by atoms with Gasteiger partial charge in [-0.3, -0.25) is 4.79 Å². The van der Waals surface area contributed by atoms with Crippen molar-refractivity contribution in [3.63, 3.8) is 0 Å². The third kappa shape index (κ3) is 6.58. The van der Waals surface area contributed by atoms with Gasteiger partial charge in [-0.25, -0.2) is 4.79 Å². The second-order valence-electron chi connectivity index (χ2n) is 5.74. The molecule has 0 radical (unpaired) electrons. The van der Waals surface area contributed by atoms with Gasteiger partial charge in [0.15, 0.2) is 6.10 Å². The first-order chi connectivity index (χ1) is 13.2. The number of anilines is 1. The number of benzene rings is 2. The lowest BCUT2D eigenvalue weighted by Gasteiger charge is -2.14. The minimum absolute atomic E-state index is 0.226. The Bertz CT molecular complexity index is 821. The van der Waals surface area contributed by atoms with E-state index in [2.05, 4.69) is 10.1 Å². The zero-order valence-corrected chi connectivity index (χ0v) is 15.1. The molecule has 28 heavy (non-hydrogen) atoms. The van der Waals surface area contributed by atoms with Gasteiger partial charge in [-0.05, 0) is 48.9 Å². The molecule has 0 spiro atoms. The normalized spacial score (nSPS) is 12.2. The van der Waals surface area contributed by atoms with Gasteiger partial charge >= 0.3 is 12.3 Å². The number of halogens is 3. The van der Waals surface area contributed by atoms with Gasteiger partial charge in [-0.2, -0.15) is 0 Å². The van der Waals surface area contributed by atoms with Gasteiger partial charge < -0.3 is 19.5 Å². The number of hydrogen-bond acceptors (Lipinski definition) is 5. The smallest absolute Gasteiger partial charge is 0.449 e. The Balaban J connectivity index is 1.93. The fourth-order valence-electron chi connectivity index (χ4n) is 2.22. The highest BCUT2D eigenvalue weighted by molar-refractivity contribution is 5.97. The van der Waals surface area contributed by atoms with Crippen molar-refractivity contribution in [2.75, 3.05) is 12.4 Å². The first-order valence-corrected chi connectivity index (χ1v) is 8.13. The quantitative estimate of drug-likeness (QED) is 0.717. The van der Waals surface area contributed by atoms with Crippen LogP contribution < -0.4 is 10.1 Å². The maximum Gasteiger partial charge on any atom is 0.573 e. The molecule has 0 aromatic heterocycles. The summed E-state index contributed by atoms with van der Waals surface area (Å²) in [6.45, 7) is 1.71. The van der Waals surface area contributed by atoms with Crippen LogP contribution in [0.15, 0.2) is 48.5 Å². The SMILES string of the molecule is COCc1cccc(C(=O)O[C@H](C)C(=O)Nc2ccc(OC(F)(F)F)cc2)c1. The van der Waals surface area contributed by atoms with Crippen molar-refractivity contribution in [3.8, 4) is 5.75 Å². The van der Waals surface area contributed by atoms with Gasteiger partial charge in [0.05, 0.1) is 12.2 Å². The third-order valence-electron chi connectivity index (χ3n) is 3.48. The molecule has 2 aromatic rings. The summed E-state index contributed by atoms with van der Waals surface area (Å²) in [7, 11) is 1.53. The van der Waals surface area contributed by atoms with E-state index in [1.165, 1.54) is 26.2 Å². The lowest BCUT2D eigenvalue weighted by Crippen LogP contribution is -2.30. The second kappa shape index (κ2) is 9.23. The molecule has 1 N–H and O–H groups in total. The highest BCUT2D eigenvalue weighted by Crippen LogP contribution is 2.24. The molecule has 0 aliphatic carbocycles. The van der Waals surface area contributed by atoms with Crippen LogP contribution in [-0.2, 0) is 20.9 Å². The molecule has 0 heterocycles.